The average molecular weight is 263 g/mol. The number of hydrogen-bond acceptors (Lipinski definition) is 2. The van der Waals surface area contributed by atoms with Crippen molar-refractivity contribution in [2.45, 2.75) is 45.6 Å². The predicted molar refractivity (Wildman–Crippen MR) is 76.7 cm³/mol. The first-order chi connectivity index (χ1) is 9.22. The number of hydrogen-bond donors (Lipinski definition) is 1. The van der Waals surface area contributed by atoms with Gasteiger partial charge in [0.05, 0.1) is 5.52 Å². The van der Waals surface area contributed by atoms with Crippen LogP contribution in [0.25, 0.3) is 11.0 Å². The second kappa shape index (κ2) is 6.15. The van der Waals surface area contributed by atoms with Crippen LogP contribution < -0.4 is 5.73 Å². The fourth-order valence-corrected chi connectivity index (χ4v) is 2.60. The van der Waals surface area contributed by atoms with Gasteiger partial charge in [0.15, 0.2) is 5.82 Å². The topological polar surface area (TPSA) is 43.8 Å². The van der Waals surface area contributed by atoms with Crippen LogP contribution in [0.15, 0.2) is 18.2 Å². The molecule has 1 unspecified atom stereocenters. The Bertz CT molecular complexity index is 548. The first-order valence-electron chi connectivity index (χ1n) is 7.07. The molecule has 0 fully saturated rings. The Balaban J connectivity index is 2.58. The first kappa shape index (κ1) is 14.0. The first-order valence-corrected chi connectivity index (χ1v) is 7.07. The molecule has 2 aromatic rings. The molecule has 0 amide bonds. The molecule has 0 saturated heterocycles. The molecule has 2 N–H and O–H groups in total. The maximum atomic E-state index is 13.9. The van der Waals surface area contributed by atoms with Crippen molar-refractivity contribution in [1.82, 2.24) is 9.55 Å². The molecule has 104 valence electrons. The monoisotopic (exact) mass is 263 g/mol. The molecule has 0 aliphatic heterocycles. The Labute approximate surface area is 113 Å². The van der Waals surface area contributed by atoms with Crippen molar-refractivity contribution >= 4 is 11.0 Å². The van der Waals surface area contributed by atoms with Crippen molar-refractivity contribution in [3.8, 4) is 0 Å². The molecule has 0 radical (unpaired) electrons. The van der Waals surface area contributed by atoms with Crippen LogP contribution in [0.4, 0.5) is 4.39 Å². The number of rotatable bonds is 6. The van der Waals surface area contributed by atoms with E-state index in [1.165, 1.54) is 6.07 Å². The number of halogens is 1. The van der Waals surface area contributed by atoms with Crippen LogP contribution in [0.2, 0.25) is 0 Å². The van der Waals surface area contributed by atoms with Gasteiger partial charge in [-0.25, -0.2) is 9.37 Å². The van der Waals surface area contributed by atoms with E-state index in [4.69, 9.17) is 5.73 Å². The van der Waals surface area contributed by atoms with Gasteiger partial charge in [0, 0.05) is 19.0 Å². The Morgan fingerprint density at radius 1 is 1.32 bits per heavy atom. The van der Waals surface area contributed by atoms with E-state index in [9.17, 15) is 4.39 Å². The molecule has 0 saturated carbocycles. The number of para-hydroxylation sites is 1. The molecule has 4 heteroatoms. The molecule has 1 heterocycles. The summed E-state index contributed by atoms with van der Waals surface area (Å²) < 4.78 is 16.0. The molecule has 0 aliphatic carbocycles. The number of benzene rings is 1. The Kier molecular flexibility index (Phi) is 4.53. The zero-order valence-electron chi connectivity index (χ0n) is 11.7. The van der Waals surface area contributed by atoms with Crippen LogP contribution in [-0.4, -0.2) is 16.1 Å². The fourth-order valence-electron chi connectivity index (χ4n) is 2.60. The fraction of sp³-hybridized carbons (Fsp3) is 0.533. The SMILES string of the molecule is CCCC(CN)c1nc2c(F)cccc2n1CCC. The summed E-state index contributed by atoms with van der Waals surface area (Å²) in [6.45, 7) is 5.67. The van der Waals surface area contributed by atoms with Gasteiger partial charge in [-0.3, -0.25) is 0 Å². The summed E-state index contributed by atoms with van der Waals surface area (Å²) in [6, 6.07) is 5.14. The van der Waals surface area contributed by atoms with Crippen LogP contribution >= 0.6 is 0 Å². The van der Waals surface area contributed by atoms with Gasteiger partial charge in [0.2, 0.25) is 0 Å². The van der Waals surface area contributed by atoms with Crippen LogP contribution in [0.1, 0.15) is 44.9 Å². The lowest BCUT2D eigenvalue weighted by molar-refractivity contribution is 0.544. The smallest absolute Gasteiger partial charge is 0.151 e. The van der Waals surface area contributed by atoms with Gasteiger partial charge in [-0.15, -0.1) is 0 Å². The highest BCUT2D eigenvalue weighted by Crippen LogP contribution is 2.26. The molecular formula is C15H22FN3. The van der Waals surface area contributed by atoms with E-state index in [1.54, 1.807) is 6.07 Å². The maximum Gasteiger partial charge on any atom is 0.151 e. The van der Waals surface area contributed by atoms with Gasteiger partial charge < -0.3 is 10.3 Å². The van der Waals surface area contributed by atoms with E-state index in [-0.39, 0.29) is 11.7 Å². The maximum absolute atomic E-state index is 13.9. The second-order valence-corrected chi connectivity index (χ2v) is 4.95. The lowest BCUT2D eigenvalue weighted by atomic mass is 10.0. The van der Waals surface area contributed by atoms with Crippen molar-refractivity contribution in [3.05, 3.63) is 29.8 Å². The Morgan fingerprint density at radius 3 is 2.74 bits per heavy atom. The molecule has 0 bridgehead atoms. The molecular weight excluding hydrogens is 241 g/mol. The Morgan fingerprint density at radius 2 is 2.11 bits per heavy atom. The van der Waals surface area contributed by atoms with Crippen LogP contribution in [0.5, 0.6) is 0 Å². The van der Waals surface area contributed by atoms with Gasteiger partial charge in [-0.1, -0.05) is 26.3 Å². The van der Waals surface area contributed by atoms with E-state index < -0.39 is 0 Å². The van der Waals surface area contributed by atoms with Crippen molar-refractivity contribution in [1.29, 1.82) is 0 Å². The van der Waals surface area contributed by atoms with Crippen LogP contribution in [0.3, 0.4) is 0 Å². The molecule has 1 atom stereocenters. The van der Waals surface area contributed by atoms with Crippen molar-refractivity contribution in [2.24, 2.45) is 5.73 Å². The minimum atomic E-state index is -0.249. The van der Waals surface area contributed by atoms with E-state index in [1.807, 2.05) is 6.07 Å². The number of nitrogens with zero attached hydrogens (tertiary/aromatic N) is 2. The summed E-state index contributed by atoms with van der Waals surface area (Å²) in [6.07, 6.45) is 3.04. The van der Waals surface area contributed by atoms with Crippen molar-refractivity contribution in [3.63, 3.8) is 0 Å². The third-order valence-electron chi connectivity index (χ3n) is 3.49. The average Bonchev–Trinajstić information content (AvgIpc) is 2.77. The van der Waals surface area contributed by atoms with E-state index in [0.717, 1.165) is 37.1 Å². The summed E-state index contributed by atoms with van der Waals surface area (Å²) in [5.74, 6) is 0.899. The highest BCUT2D eigenvalue weighted by atomic mass is 19.1. The van der Waals surface area contributed by atoms with Gasteiger partial charge in [-0.05, 0) is 25.0 Å². The number of aryl methyl sites for hydroxylation is 1. The molecule has 3 nitrogen and oxygen atoms in total. The quantitative estimate of drug-likeness (QED) is 0.867. The summed E-state index contributed by atoms with van der Waals surface area (Å²) >= 11 is 0. The third kappa shape index (κ3) is 2.63. The normalized spacial score (nSPS) is 13.1. The van der Waals surface area contributed by atoms with E-state index in [2.05, 4.69) is 23.4 Å². The number of imidazole rings is 1. The number of fused-ring (bicyclic) bond motifs is 1. The van der Waals surface area contributed by atoms with Crippen molar-refractivity contribution in [2.75, 3.05) is 6.54 Å². The third-order valence-corrected chi connectivity index (χ3v) is 3.49. The largest absolute Gasteiger partial charge is 0.330 e. The summed E-state index contributed by atoms with van der Waals surface area (Å²) in [5, 5.41) is 0. The number of aromatic nitrogens is 2. The zero-order valence-corrected chi connectivity index (χ0v) is 11.7. The summed E-state index contributed by atoms with van der Waals surface area (Å²) in [5.41, 5.74) is 7.22. The molecule has 0 aliphatic rings. The van der Waals surface area contributed by atoms with Crippen LogP contribution in [-0.2, 0) is 6.54 Å². The zero-order chi connectivity index (χ0) is 13.8. The summed E-state index contributed by atoms with van der Waals surface area (Å²) in [4.78, 5) is 4.53. The predicted octanol–water partition coefficient (Wildman–Crippen LogP) is 3.43. The molecule has 1 aromatic carbocycles. The van der Waals surface area contributed by atoms with Crippen molar-refractivity contribution < 1.29 is 4.39 Å². The minimum absolute atomic E-state index is 0.211. The highest BCUT2D eigenvalue weighted by Gasteiger charge is 2.19. The number of nitrogens with two attached hydrogens (primary N) is 1. The Hall–Kier alpha value is -1.42. The van der Waals surface area contributed by atoms with E-state index >= 15 is 0 Å². The molecule has 1 aromatic heterocycles. The standard InChI is InChI=1S/C15H22FN3/c1-3-6-11(10-17)15-18-14-12(16)7-5-8-13(14)19(15)9-4-2/h5,7-8,11H,3-4,6,9-10,17H2,1-2H3. The van der Waals surface area contributed by atoms with Crippen LogP contribution in [0, 0.1) is 5.82 Å². The van der Waals surface area contributed by atoms with Gasteiger partial charge in [-0.2, -0.15) is 0 Å². The molecule has 0 spiro atoms. The van der Waals surface area contributed by atoms with Gasteiger partial charge in [0.1, 0.15) is 11.3 Å². The lowest BCUT2D eigenvalue weighted by Gasteiger charge is -2.15. The lowest BCUT2D eigenvalue weighted by Crippen LogP contribution is -2.17. The highest BCUT2D eigenvalue weighted by molar-refractivity contribution is 5.76. The molecule has 19 heavy (non-hydrogen) atoms. The van der Waals surface area contributed by atoms with E-state index in [0.29, 0.717) is 12.1 Å². The molecule has 2 rings (SSSR count). The summed E-state index contributed by atoms with van der Waals surface area (Å²) in [7, 11) is 0. The second-order valence-electron chi connectivity index (χ2n) is 4.95. The minimum Gasteiger partial charge on any atom is -0.330 e. The van der Waals surface area contributed by atoms with Gasteiger partial charge >= 0.3 is 0 Å². The van der Waals surface area contributed by atoms with Gasteiger partial charge in [0.25, 0.3) is 0 Å².